The summed E-state index contributed by atoms with van der Waals surface area (Å²) in [5.41, 5.74) is 0.698. The van der Waals surface area contributed by atoms with Gasteiger partial charge in [0.15, 0.2) is 0 Å². The van der Waals surface area contributed by atoms with Gasteiger partial charge in [0, 0.05) is 24.7 Å². The van der Waals surface area contributed by atoms with Gasteiger partial charge in [0.1, 0.15) is 11.5 Å². The molecule has 0 amide bonds. The molecular weight excluding hydrogens is 182 g/mol. The van der Waals surface area contributed by atoms with Crippen molar-refractivity contribution in [2.24, 2.45) is 0 Å². The first-order valence-electron chi connectivity index (χ1n) is 4.49. The molecule has 4 N–H and O–H groups in total. The van der Waals surface area contributed by atoms with E-state index in [4.69, 9.17) is 10.2 Å². The first-order chi connectivity index (χ1) is 6.59. The van der Waals surface area contributed by atoms with Crippen molar-refractivity contribution >= 4 is 0 Å². The number of nitrogens with one attached hydrogen (secondary N) is 1. The number of benzene rings is 1. The first-order valence-corrected chi connectivity index (χ1v) is 4.49. The number of hydrogen-bond acceptors (Lipinski definition) is 4. The summed E-state index contributed by atoms with van der Waals surface area (Å²) in [6.45, 7) is 2.63. The van der Waals surface area contributed by atoms with Gasteiger partial charge >= 0.3 is 0 Å². The molecule has 0 bridgehead atoms. The van der Waals surface area contributed by atoms with Gasteiger partial charge in [-0.15, -0.1) is 0 Å². The predicted octanol–water partition coefficient (Wildman–Crippen LogP) is 0.568. The molecule has 4 nitrogen and oxygen atoms in total. The minimum Gasteiger partial charge on any atom is -0.508 e. The van der Waals surface area contributed by atoms with Gasteiger partial charge in [0.05, 0.1) is 6.10 Å². The molecule has 0 saturated heterocycles. The van der Waals surface area contributed by atoms with E-state index < -0.39 is 6.10 Å². The van der Waals surface area contributed by atoms with Crippen molar-refractivity contribution in [2.45, 2.75) is 19.6 Å². The van der Waals surface area contributed by atoms with Gasteiger partial charge in [-0.25, -0.2) is 0 Å². The highest BCUT2D eigenvalue weighted by atomic mass is 16.3. The number of phenolic OH excluding ortho intramolecular Hbond substituents is 2. The SMILES string of the molecule is C[C@@H](O)CNCc1ccc(O)cc1O. The van der Waals surface area contributed by atoms with Crippen molar-refractivity contribution in [2.75, 3.05) is 6.54 Å². The maximum Gasteiger partial charge on any atom is 0.123 e. The number of hydrogen-bond donors (Lipinski definition) is 4. The average Bonchev–Trinajstić information content (AvgIpc) is 2.08. The van der Waals surface area contributed by atoms with E-state index >= 15 is 0 Å². The van der Waals surface area contributed by atoms with Crippen LogP contribution >= 0.6 is 0 Å². The van der Waals surface area contributed by atoms with Crippen LogP contribution in [0, 0.1) is 0 Å². The molecule has 0 saturated carbocycles. The molecule has 0 aliphatic rings. The molecule has 0 radical (unpaired) electrons. The summed E-state index contributed by atoms with van der Waals surface area (Å²) in [6, 6.07) is 4.44. The lowest BCUT2D eigenvalue weighted by Gasteiger charge is -2.08. The molecule has 0 unspecified atom stereocenters. The van der Waals surface area contributed by atoms with Crippen LogP contribution in [0.4, 0.5) is 0 Å². The molecule has 0 aliphatic carbocycles. The van der Waals surface area contributed by atoms with Gasteiger partial charge in [-0.05, 0) is 13.0 Å². The van der Waals surface area contributed by atoms with Crippen LogP contribution in [0.5, 0.6) is 11.5 Å². The molecule has 78 valence electrons. The highest BCUT2D eigenvalue weighted by Gasteiger charge is 2.02. The van der Waals surface area contributed by atoms with Crippen molar-refractivity contribution in [1.29, 1.82) is 0 Å². The predicted molar refractivity (Wildman–Crippen MR) is 53.2 cm³/mol. The Morgan fingerprint density at radius 2 is 2.07 bits per heavy atom. The molecule has 1 rings (SSSR count). The molecule has 0 fully saturated rings. The summed E-state index contributed by atoms with van der Waals surface area (Å²) >= 11 is 0. The molecular formula is C10H15NO3. The number of phenols is 2. The van der Waals surface area contributed by atoms with Crippen LogP contribution in [0.1, 0.15) is 12.5 Å². The summed E-state index contributed by atoms with van der Waals surface area (Å²) in [5.74, 6) is 0.102. The van der Waals surface area contributed by atoms with Gasteiger partial charge < -0.3 is 20.6 Å². The lowest BCUT2D eigenvalue weighted by molar-refractivity contribution is 0.191. The van der Waals surface area contributed by atoms with Crippen LogP contribution in [-0.4, -0.2) is 28.0 Å². The van der Waals surface area contributed by atoms with Crippen LogP contribution in [-0.2, 0) is 6.54 Å². The minimum atomic E-state index is -0.408. The van der Waals surface area contributed by atoms with Crippen molar-refractivity contribution < 1.29 is 15.3 Å². The van der Waals surface area contributed by atoms with E-state index in [9.17, 15) is 5.11 Å². The Kier molecular flexibility index (Phi) is 3.73. The molecule has 1 atom stereocenters. The summed E-state index contributed by atoms with van der Waals surface area (Å²) in [4.78, 5) is 0. The zero-order chi connectivity index (χ0) is 10.6. The second-order valence-electron chi connectivity index (χ2n) is 3.29. The monoisotopic (exact) mass is 197 g/mol. The summed E-state index contributed by atoms with van der Waals surface area (Å²) < 4.78 is 0. The van der Waals surface area contributed by atoms with Gasteiger partial charge in [-0.3, -0.25) is 0 Å². The number of aliphatic hydroxyl groups is 1. The fraction of sp³-hybridized carbons (Fsp3) is 0.400. The van der Waals surface area contributed by atoms with Gasteiger partial charge in [0.2, 0.25) is 0 Å². The highest BCUT2D eigenvalue weighted by molar-refractivity contribution is 5.38. The lowest BCUT2D eigenvalue weighted by Crippen LogP contribution is -2.23. The maximum atomic E-state index is 9.39. The number of rotatable bonds is 4. The van der Waals surface area contributed by atoms with E-state index in [-0.39, 0.29) is 11.5 Å². The van der Waals surface area contributed by atoms with E-state index in [1.807, 2.05) is 0 Å². The maximum absolute atomic E-state index is 9.39. The van der Waals surface area contributed by atoms with Gasteiger partial charge in [-0.2, -0.15) is 0 Å². The smallest absolute Gasteiger partial charge is 0.123 e. The van der Waals surface area contributed by atoms with E-state index in [0.717, 1.165) is 0 Å². The first kappa shape index (κ1) is 10.8. The van der Waals surface area contributed by atoms with Crippen LogP contribution in [0.15, 0.2) is 18.2 Å². The third kappa shape index (κ3) is 3.24. The standard InChI is InChI=1S/C10H15NO3/c1-7(12)5-11-6-8-2-3-9(13)4-10(8)14/h2-4,7,11-14H,5-6H2,1H3/t7-/m1/s1. The lowest BCUT2D eigenvalue weighted by atomic mass is 10.2. The Balaban J connectivity index is 2.51. The fourth-order valence-corrected chi connectivity index (χ4v) is 1.12. The Morgan fingerprint density at radius 3 is 2.64 bits per heavy atom. The largest absolute Gasteiger partial charge is 0.508 e. The molecule has 0 aliphatic heterocycles. The zero-order valence-corrected chi connectivity index (χ0v) is 8.07. The molecule has 1 aromatic rings. The molecule has 0 heterocycles. The van der Waals surface area contributed by atoms with Crippen LogP contribution in [0.3, 0.4) is 0 Å². The van der Waals surface area contributed by atoms with Crippen LogP contribution < -0.4 is 5.32 Å². The Hall–Kier alpha value is -1.26. The highest BCUT2D eigenvalue weighted by Crippen LogP contribution is 2.21. The van der Waals surface area contributed by atoms with E-state index in [1.54, 1.807) is 13.0 Å². The van der Waals surface area contributed by atoms with Gasteiger partial charge in [-0.1, -0.05) is 6.07 Å². The normalized spacial score (nSPS) is 12.7. The van der Waals surface area contributed by atoms with Crippen molar-refractivity contribution in [3.05, 3.63) is 23.8 Å². The van der Waals surface area contributed by atoms with Crippen molar-refractivity contribution in [1.82, 2.24) is 5.32 Å². The van der Waals surface area contributed by atoms with Gasteiger partial charge in [0.25, 0.3) is 0 Å². The van der Waals surface area contributed by atoms with E-state index in [0.29, 0.717) is 18.7 Å². The number of aromatic hydroxyl groups is 2. The second-order valence-corrected chi connectivity index (χ2v) is 3.29. The molecule has 1 aromatic carbocycles. The van der Waals surface area contributed by atoms with Crippen LogP contribution in [0.25, 0.3) is 0 Å². The van der Waals surface area contributed by atoms with Crippen molar-refractivity contribution in [3.63, 3.8) is 0 Å². The third-order valence-electron chi connectivity index (χ3n) is 1.82. The number of aliphatic hydroxyl groups excluding tert-OH is 1. The second kappa shape index (κ2) is 4.83. The van der Waals surface area contributed by atoms with E-state index in [2.05, 4.69) is 5.32 Å². The summed E-state index contributed by atoms with van der Waals surface area (Å²) in [6.07, 6.45) is -0.408. The molecule has 4 heteroatoms. The zero-order valence-electron chi connectivity index (χ0n) is 8.07. The molecule has 0 spiro atoms. The quantitative estimate of drug-likeness (QED) is 0.569. The average molecular weight is 197 g/mol. The Labute approximate surface area is 82.8 Å². The minimum absolute atomic E-state index is 0.0433. The van der Waals surface area contributed by atoms with Crippen LogP contribution in [0.2, 0.25) is 0 Å². The molecule has 0 aromatic heterocycles. The topological polar surface area (TPSA) is 72.7 Å². The van der Waals surface area contributed by atoms with Crippen molar-refractivity contribution in [3.8, 4) is 11.5 Å². The molecule has 14 heavy (non-hydrogen) atoms. The van der Waals surface area contributed by atoms with E-state index in [1.165, 1.54) is 12.1 Å². The summed E-state index contributed by atoms with van der Waals surface area (Å²) in [7, 11) is 0. The summed E-state index contributed by atoms with van der Waals surface area (Å²) in [5, 5.41) is 30.4. The Morgan fingerprint density at radius 1 is 1.36 bits per heavy atom. The third-order valence-corrected chi connectivity index (χ3v) is 1.82. The fourth-order valence-electron chi connectivity index (χ4n) is 1.12. The Bertz CT molecular complexity index is 299.